The van der Waals surface area contributed by atoms with Gasteiger partial charge in [-0.25, -0.2) is 9.97 Å². The highest BCUT2D eigenvalue weighted by Gasteiger charge is 2.24. The lowest BCUT2D eigenvalue weighted by Crippen LogP contribution is -2.26. The Labute approximate surface area is 110 Å². The van der Waals surface area contributed by atoms with Crippen LogP contribution >= 0.6 is 0 Å². The van der Waals surface area contributed by atoms with Crippen LogP contribution in [-0.4, -0.2) is 48.6 Å². The van der Waals surface area contributed by atoms with Gasteiger partial charge in [-0.1, -0.05) is 13.8 Å². The molecule has 1 aliphatic rings. The van der Waals surface area contributed by atoms with E-state index in [0.717, 1.165) is 31.5 Å². The topological polar surface area (TPSA) is 32.3 Å². The number of aromatic nitrogens is 2. The Kier molecular flexibility index (Phi) is 4.17. The SMILES string of the molecule is CC(C)c1cnc(N2CC[C@H](CN(C)C)C2)nc1. The van der Waals surface area contributed by atoms with Crippen molar-refractivity contribution >= 4 is 5.95 Å². The van der Waals surface area contributed by atoms with E-state index < -0.39 is 0 Å². The standard InChI is InChI=1S/C14H24N4/c1-11(2)13-7-15-14(16-8-13)18-6-5-12(10-18)9-17(3)4/h7-8,11-12H,5-6,9-10H2,1-4H3/t12-/m1/s1. The fourth-order valence-corrected chi connectivity index (χ4v) is 2.47. The van der Waals surface area contributed by atoms with Gasteiger partial charge < -0.3 is 9.80 Å². The predicted octanol–water partition coefficient (Wildman–Crippen LogP) is 1.99. The second-order valence-electron chi connectivity index (χ2n) is 5.83. The first kappa shape index (κ1) is 13.3. The molecular formula is C14H24N4. The van der Waals surface area contributed by atoms with E-state index in [1.165, 1.54) is 12.0 Å². The third-order valence-corrected chi connectivity index (χ3v) is 3.52. The van der Waals surface area contributed by atoms with Crippen molar-refractivity contribution in [3.8, 4) is 0 Å². The summed E-state index contributed by atoms with van der Waals surface area (Å²) in [7, 11) is 4.27. The minimum absolute atomic E-state index is 0.499. The van der Waals surface area contributed by atoms with Gasteiger partial charge in [0.1, 0.15) is 0 Å². The Morgan fingerprint density at radius 2 is 2.00 bits per heavy atom. The second-order valence-corrected chi connectivity index (χ2v) is 5.83. The molecule has 1 aliphatic heterocycles. The molecule has 4 nitrogen and oxygen atoms in total. The molecule has 0 saturated carbocycles. The summed E-state index contributed by atoms with van der Waals surface area (Å²) >= 11 is 0. The zero-order valence-corrected chi connectivity index (χ0v) is 11.9. The molecule has 2 rings (SSSR count). The first-order valence-corrected chi connectivity index (χ1v) is 6.78. The molecule has 0 unspecified atom stereocenters. The van der Waals surface area contributed by atoms with E-state index in [2.05, 4.69) is 47.7 Å². The molecule has 1 aromatic rings. The lowest BCUT2D eigenvalue weighted by Gasteiger charge is -2.18. The molecule has 4 heteroatoms. The van der Waals surface area contributed by atoms with Crippen molar-refractivity contribution in [2.45, 2.75) is 26.2 Å². The maximum absolute atomic E-state index is 4.50. The number of hydrogen-bond donors (Lipinski definition) is 0. The molecule has 0 N–H and O–H groups in total. The molecule has 0 bridgehead atoms. The van der Waals surface area contributed by atoms with Gasteiger partial charge in [0, 0.05) is 32.0 Å². The summed E-state index contributed by atoms with van der Waals surface area (Å²) in [5.74, 6) is 2.13. The molecule has 0 spiro atoms. The molecule has 0 amide bonds. The minimum atomic E-state index is 0.499. The number of hydrogen-bond acceptors (Lipinski definition) is 4. The fraction of sp³-hybridized carbons (Fsp3) is 0.714. The zero-order chi connectivity index (χ0) is 13.1. The number of nitrogens with zero attached hydrogens (tertiary/aromatic N) is 4. The lowest BCUT2D eigenvalue weighted by molar-refractivity contribution is 0.340. The molecule has 1 saturated heterocycles. The van der Waals surface area contributed by atoms with Gasteiger partial charge in [0.15, 0.2) is 0 Å². The van der Waals surface area contributed by atoms with Crippen LogP contribution in [0.3, 0.4) is 0 Å². The van der Waals surface area contributed by atoms with Gasteiger partial charge in [-0.3, -0.25) is 0 Å². The third kappa shape index (κ3) is 3.19. The fourth-order valence-electron chi connectivity index (χ4n) is 2.47. The molecule has 1 aromatic heterocycles. The van der Waals surface area contributed by atoms with Crippen molar-refractivity contribution in [2.24, 2.45) is 5.92 Å². The summed E-state index contributed by atoms with van der Waals surface area (Å²) in [6, 6.07) is 0. The highest BCUT2D eigenvalue weighted by molar-refractivity contribution is 5.32. The summed E-state index contributed by atoms with van der Waals surface area (Å²) in [6.07, 6.45) is 5.17. The summed E-state index contributed by atoms with van der Waals surface area (Å²) in [6.45, 7) is 7.65. The third-order valence-electron chi connectivity index (χ3n) is 3.52. The monoisotopic (exact) mass is 248 g/mol. The Morgan fingerprint density at radius 3 is 2.56 bits per heavy atom. The van der Waals surface area contributed by atoms with Gasteiger partial charge >= 0.3 is 0 Å². The Bertz CT molecular complexity index is 372. The van der Waals surface area contributed by atoms with Gasteiger partial charge in [-0.15, -0.1) is 0 Å². The maximum atomic E-state index is 4.50. The van der Waals surface area contributed by atoms with Crippen molar-refractivity contribution in [1.82, 2.24) is 14.9 Å². The van der Waals surface area contributed by atoms with Crippen LogP contribution in [0.2, 0.25) is 0 Å². The van der Waals surface area contributed by atoms with E-state index in [1.54, 1.807) is 0 Å². The van der Waals surface area contributed by atoms with Crippen LogP contribution in [0.5, 0.6) is 0 Å². The van der Waals surface area contributed by atoms with Gasteiger partial charge in [-0.2, -0.15) is 0 Å². The number of anilines is 1. The molecule has 0 radical (unpaired) electrons. The summed E-state index contributed by atoms with van der Waals surface area (Å²) in [5, 5.41) is 0. The molecule has 1 fully saturated rings. The summed E-state index contributed by atoms with van der Waals surface area (Å²) in [5.41, 5.74) is 1.21. The zero-order valence-electron chi connectivity index (χ0n) is 11.9. The Balaban J connectivity index is 1.96. The van der Waals surface area contributed by atoms with Crippen LogP contribution in [0.4, 0.5) is 5.95 Å². The highest BCUT2D eigenvalue weighted by Crippen LogP contribution is 2.21. The van der Waals surface area contributed by atoms with Crippen molar-refractivity contribution in [1.29, 1.82) is 0 Å². The van der Waals surface area contributed by atoms with E-state index in [1.807, 2.05) is 12.4 Å². The highest BCUT2D eigenvalue weighted by atomic mass is 15.3. The van der Waals surface area contributed by atoms with E-state index >= 15 is 0 Å². The normalized spacial score (nSPS) is 20.1. The summed E-state index contributed by atoms with van der Waals surface area (Å²) in [4.78, 5) is 13.6. The maximum Gasteiger partial charge on any atom is 0.225 e. The van der Waals surface area contributed by atoms with Crippen LogP contribution in [0, 0.1) is 5.92 Å². The second kappa shape index (κ2) is 5.65. The van der Waals surface area contributed by atoms with Crippen LogP contribution in [0.1, 0.15) is 31.7 Å². The minimum Gasteiger partial charge on any atom is -0.340 e. The van der Waals surface area contributed by atoms with Gasteiger partial charge in [0.25, 0.3) is 0 Å². The first-order valence-electron chi connectivity index (χ1n) is 6.78. The summed E-state index contributed by atoms with van der Waals surface area (Å²) < 4.78 is 0. The van der Waals surface area contributed by atoms with Gasteiger partial charge in [-0.05, 0) is 37.9 Å². The van der Waals surface area contributed by atoms with Gasteiger partial charge in [0.2, 0.25) is 5.95 Å². The average molecular weight is 248 g/mol. The molecule has 100 valence electrons. The van der Waals surface area contributed by atoms with E-state index in [4.69, 9.17) is 0 Å². The first-order chi connectivity index (χ1) is 8.56. The van der Waals surface area contributed by atoms with E-state index in [9.17, 15) is 0 Å². The van der Waals surface area contributed by atoms with Crippen LogP contribution in [0.25, 0.3) is 0 Å². The molecule has 2 heterocycles. The van der Waals surface area contributed by atoms with E-state index in [0.29, 0.717) is 5.92 Å². The van der Waals surface area contributed by atoms with E-state index in [-0.39, 0.29) is 0 Å². The van der Waals surface area contributed by atoms with Crippen molar-refractivity contribution in [3.05, 3.63) is 18.0 Å². The van der Waals surface area contributed by atoms with Gasteiger partial charge in [0.05, 0.1) is 0 Å². The van der Waals surface area contributed by atoms with Crippen LogP contribution < -0.4 is 4.90 Å². The van der Waals surface area contributed by atoms with Crippen LogP contribution in [0.15, 0.2) is 12.4 Å². The molecule has 0 aromatic carbocycles. The number of rotatable bonds is 4. The van der Waals surface area contributed by atoms with Crippen molar-refractivity contribution < 1.29 is 0 Å². The largest absolute Gasteiger partial charge is 0.340 e. The molecular weight excluding hydrogens is 224 g/mol. The molecule has 0 aliphatic carbocycles. The van der Waals surface area contributed by atoms with Crippen molar-refractivity contribution in [3.63, 3.8) is 0 Å². The smallest absolute Gasteiger partial charge is 0.225 e. The molecule has 1 atom stereocenters. The molecule has 18 heavy (non-hydrogen) atoms. The van der Waals surface area contributed by atoms with Crippen molar-refractivity contribution in [2.75, 3.05) is 38.6 Å². The predicted molar refractivity (Wildman–Crippen MR) is 75.0 cm³/mol. The Hall–Kier alpha value is -1.16. The average Bonchev–Trinajstić information content (AvgIpc) is 2.76. The Morgan fingerprint density at radius 1 is 1.33 bits per heavy atom. The lowest BCUT2D eigenvalue weighted by atomic mass is 10.1. The van der Waals surface area contributed by atoms with Crippen LogP contribution in [-0.2, 0) is 0 Å². The quantitative estimate of drug-likeness (QED) is 0.815.